The molecule has 0 aliphatic rings. The summed E-state index contributed by atoms with van der Waals surface area (Å²) in [7, 11) is 0. The molecule has 0 aliphatic carbocycles. The van der Waals surface area contributed by atoms with Crippen LogP contribution in [0.4, 0.5) is 0 Å². The normalized spacial score (nSPS) is 11.0. The van der Waals surface area contributed by atoms with Gasteiger partial charge >= 0.3 is 0 Å². The van der Waals surface area contributed by atoms with E-state index in [2.05, 4.69) is 12.2 Å². The highest BCUT2D eigenvalue weighted by molar-refractivity contribution is 4.50. The fraction of sp³-hybridized carbons (Fsp3) is 1.00. The molecule has 0 heterocycles. The summed E-state index contributed by atoms with van der Waals surface area (Å²) in [6.45, 7) is 5.37. The zero-order chi connectivity index (χ0) is 13.3. The largest absolute Gasteiger partial charge is 0.330 e. The number of hydrogen-bond acceptors (Lipinski definition) is 2. The molecule has 0 spiro atoms. The Bertz CT molecular complexity index is 121. The van der Waals surface area contributed by atoms with Crippen molar-refractivity contribution in [1.29, 1.82) is 0 Å². The zero-order valence-electron chi connectivity index (χ0n) is 12.7. The fourth-order valence-corrected chi connectivity index (χ4v) is 2.34. The number of unbranched alkanes of at least 4 members (excludes halogenated alkanes) is 11. The summed E-state index contributed by atoms with van der Waals surface area (Å²) in [5.74, 6) is 0. The Morgan fingerprint density at radius 1 is 0.611 bits per heavy atom. The van der Waals surface area contributed by atoms with Crippen LogP contribution in [-0.4, -0.2) is 19.6 Å². The molecule has 0 fully saturated rings. The van der Waals surface area contributed by atoms with Gasteiger partial charge < -0.3 is 11.1 Å². The van der Waals surface area contributed by atoms with Gasteiger partial charge in [0.15, 0.2) is 0 Å². The van der Waals surface area contributed by atoms with E-state index in [4.69, 9.17) is 5.73 Å². The molecule has 0 aromatic carbocycles. The van der Waals surface area contributed by atoms with Gasteiger partial charge in [-0.2, -0.15) is 0 Å². The Hall–Kier alpha value is -0.0800. The highest BCUT2D eigenvalue weighted by Gasteiger charge is 1.93. The average molecular weight is 256 g/mol. The molecule has 0 rings (SSSR count). The summed E-state index contributed by atoms with van der Waals surface area (Å²) in [6, 6.07) is 0. The molecule has 2 heteroatoms. The Kier molecular flexibility index (Phi) is 16.8. The van der Waals surface area contributed by atoms with E-state index in [9.17, 15) is 0 Å². The van der Waals surface area contributed by atoms with Gasteiger partial charge in [-0.3, -0.25) is 0 Å². The second-order valence-electron chi connectivity index (χ2n) is 5.38. The standard InChI is InChI=1S/C16H36N2/c1-2-18-16-14-12-10-8-6-4-3-5-7-9-11-13-15-17/h18H,2-17H2,1H3. The molecule has 0 unspecified atom stereocenters. The van der Waals surface area contributed by atoms with Crippen molar-refractivity contribution < 1.29 is 0 Å². The van der Waals surface area contributed by atoms with Gasteiger partial charge in [0.1, 0.15) is 0 Å². The number of nitrogens with two attached hydrogens (primary N) is 1. The van der Waals surface area contributed by atoms with Gasteiger partial charge in [0.05, 0.1) is 0 Å². The summed E-state index contributed by atoms with van der Waals surface area (Å²) in [5, 5.41) is 3.38. The van der Waals surface area contributed by atoms with Crippen LogP contribution in [0, 0.1) is 0 Å². The summed E-state index contributed by atoms with van der Waals surface area (Å²) in [5.41, 5.74) is 5.47. The molecule has 0 saturated heterocycles. The maximum absolute atomic E-state index is 5.47. The van der Waals surface area contributed by atoms with Gasteiger partial charge in [-0.15, -0.1) is 0 Å². The molecule has 0 radical (unpaired) electrons. The Morgan fingerprint density at radius 2 is 1.00 bits per heavy atom. The number of hydrogen-bond donors (Lipinski definition) is 2. The molecular weight excluding hydrogens is 220 g/mol. The van der Waals surface area contributed by atoms with Gasteiger partial charge in [0, 0.05) is 0 Å². The van der Waals surface area contributed by atoms with Crippen LogP contribution in [0.5, 0.6) is 0 Å². The maximum Gasteiger partial charge on any atom is -0.00490 e. The minimum atomic E-state index is 0.869. The minimum absolute atomic E-state index is 0.869. The van der Waals surface area contributed by atoms with Crippen molar-refractivity contribution in [2.75, 3.05) is 19.6 Å². The molecule has 110 valence electrons. The van der Waals surface area contributed by atoms with E-state index in [0.717, 1.165) is 13.1 Å². The van der Waals surface area contributed by atoms with Crippen molar-refractivity contribution in [3.8, 4) is 0 Å². The average Bonchev–Trinajstić information content (AvgIpc) is 2.39. The Morgan fingerprint density at radius 3 is 1.39 bits per heavy atom. The smallest absolute Gasteiger partial charge is 0.00490 e. The monoisotopic (exact) mass is 256 g/mol. The quantitative estimate of drug-likeness (QED) is 0.430. The molecule has 3 N–H and O–H groups in total. The van der Waals surface area contributed by atoms with Crippen LogP contribution in [0.1, 0.15) is 84.0 Å². The van der Waals surface area contributed by atoms with Crippen LogP contribution in [0.2, 0.25) is 0 Å². The van der Waals surface area contributed by atoms with Gasteiger partial charge in [0.25, 0.3) is 0 Å². The molecule has 0 saturated carbocycles. The minimum Gasteiger partial charge on any atom is -0.330 e. The third-order valence-corrected chi connectivity index (χ3v) is 3.56. The lowest BCUT2D eigenvalue weighted by Gasteiger charge is -2.03. The number of rotatable bonds is 15. The lowest BCUT2D eigenvalue weighted by Crippen LogP contribution is -2.13. The van der Waals surface area contributed by atoms with Crippen LogP contribution in [0.25, 0.3) is 0 Å². The number of nitrogens with one attached hydrogen (secondary N) is 1. The van der Waals surface area contributed by atoms with Crippen molar-refractivity contribution >= 4 is 0 Å². The summed E-state index contributed by atoms with van der Waals surface area (Å²) in [4.78, 5) is 0. The summed E-state index contributed by atoms with van der Waals surface area (Å²) >= 11 is 0. The van der Waals surface area contributed by atoms with Crippen molar-refractivity contribution in [2.24, 2.45) is 5.73 Å². The molecule has 0 aliphatic heterocycles. The van der Waals surface area contributed by atoms with Gasteiger partial charge in [-0.1, -0.05) is 71.1 Å². The van der Waals surface area contributed by atoms with Crippen LogP contribution >= 0.6 is 0 Å². The van der Waals surface area contributed by atoms with E-state index in [1.807, 2.05) is 0 Å². The third-order valence-electron chi connectivity index (χ3n) is 3.56. The van der Waals surface area contributed by atoms with E-state index < -0.39 is 0 Å². The first kappa shape index (κ1) is 17.9. The van der Waals surface area contributed by atoms with Crippen molar-refractivity contribution in [3.63, 3.8) is 0 Å². The summed E-state index contributed by atoms with van der Waals surface area (Å²) < 4.78 is 0. The predicted octanol–water partition coefficient (Wildman–Crippen LogP) is 4.24. The highest BCUT2D eigenvalue weighted by atomic mass is 14.8. The molecule has 0 aromatic rings. The predicted molar refractivity (Wildman–Crippen MR) is 83.0 cm³/mol. The van der Waals surface area contributed by atoms with Crippen molar-refractivity contribution in [3.05, 3.63) is 0 Å². The van der Waals surface area contributed by atoms with Crippen molar-refractivity contribution in [1.82, 2.24) is 5.32 Å². The zero-order valence-corrected chi connectivity index (χ0v) is 12.7. The second kappa shape index (κ2) is 16.9. The highest BCUT2D eigenvalue weighted by Crippen LogP contribution is 2.11. The molecule has 0 amide bonds. The SMILES string of the molecule is CCNCCCCCCCCCCCCCCN. The summed E-state index contributed by atoms with van der Waals surface area (Å²) in [6.07, 6.45) is 16.8. The van der Waals surface area contributed by atoms with E-state index in [0.29, 0.717) is 0 Å². The van der Waals surface area contributed by atoms with E-state index in [1.165, 1.54) is 83.6 Å². The molecule has 0 aromatic heterocycles. The van der Waals surface area contributed by atoms with E-state index in [-0.39, 0.29) is 0 Å². The Balaban J connectivity index is 2.86. The van der Waals surface area contributed by atoms with Gasteiger partial charge in [0.2, 0.25) is 0 Å². The molecular formula is C16H36N2. The van der Waals surface area contributed by atoms with E-state index >= 15 is 0 Å². The van der Waals surface area contributed by atoms with Crippen LogP contribution in [-0.2, 0) is 0 Å². The third kappa shape index (κ3) is 15.9. The van der Waals surface area contributed by atoms with Gasteiger partial charge in [-0.25, -0.2) is 0 Å². The first-order valence-corrected chi connectivity index (χ1v) is 8.32. The van der Waals surface area contributed by atoms with Crippen LogP contribution in [0.15, 0.2) is 0 Å². The fourth-order valence-electron chi connectivity index (χ4n) is 2.34. The van der Waals surface area contributed by atoms with Crippen LogP contribution in [0.3, 0.4) is 0 Å². The van der Waals surface area contributed by atoms with Gasteiger partial charge in [-0.05, 0) is 32.5 Å². The first-order chi connectivity index (χ1) is 8.91. The molecule has 2 nitrogen and oxygen atoms in total. The second-order valence-corrected chi connectivity index (χ2v) is 5.38. The topological polar surface area (TPSA) is 38.0 Å². The van der Waals surface area contributed by atoms with Crippen LogP contribution < -0.4 is 11.1 Å². The van der Waals surface area contributed by atoms with Crippen molar-refractivity contribution in [2.45, 2.75) is 84.0 Å². The molecule has 0 bridgehead atoms. The lowest BCUT2D eigenvalue weighted by atomic mass is 10.1. The Labute approximate surface area is 115 Å². The molecule has 0 atom stereocenters. The van der Waals surface area contributed by atoms with E-state index in [1.54, 1.807) is 0 Å². The first-order valence-electron chi connectivity index (χ1n) is 8.32. The maximum atomic E-state index is 5.47. The molecule has 18 heavy (non-hydrogen) atoms. The lowest BCUT2D eigenvalue weighted by molar-refractivity contribution is 0.536.